The maximum absolute atomic E-state index is 12.9. The predicted molar refractivity (Wildman–Crippen MR) is 120 cm³/mol. The van der Waals surface area contributed by atoms with Crippen LogP contribution in [0.5, 0.6) is 5.75 Å². The maximum Gasteiger partial charge on any atom is 0.227 e. The minimum atomic E-state index is 0. The molecule has 0 bridgehead atoms. The van der Waals surface area contributed by atoms with E-state index in [9.17, 15) is 4.79 Å². The van der Waals surface area contributed by atoms with Crippen LogP contribution in [0.3, 0.4) is 0 Å². The van der Waals surface area contributed by atoms with E-state index in [1.807, 2.05) is 76.3 Å². The Labute approximate surface area is 181 Å². The van der Waals surface area contributed by atoms with Crippen molar-refractivity contribution in [2.75, 3.05) is 12.0 Å². The molecule has 0 atom stereocenters. The van der Waals surface area contributed by atoms with Gasteiger partial charge in [-0.25, -0.2) is 4.98 Å². The van der Waals surface area contributed by atoms with Crippen LogP contribution in [-0.2, 0) is 17.8 Å². The van der Waals surface area contributed by atoms with Gasteiger partial charge in [0.1, 0.15) is 11.4 Å². The van der Waals surface area contributed by atoms with E-state index in [0.29, 0.717) is 19.4 Å². The number of fused-ring (bicyclic) bond motifs is 2. The first-order valence-electron chi connectivity index (χ1n) is 9.73. The quantitative estimate of drug-likeness (QED) is 0.472. The number of methoxy groups -OCH3 is 1. The van der Waals surface area contributed by atoms with E-state index in [2.05, 4.69) is 6.07 Å². The van der Waals surface area contributed by atoms with E-state index in [0.717, 1.165) is 39.5 Å². The molecule has 2 aromatic heterocycles. The van der Waals surface area contributed by atoms with E-state index in [1.54, 1.807) is 7.11 Å². The number of aromatic nitrogens is 2. The van der Waals surface area contributed by atoms with Gasteiger partial charge in [-0.3, -0.25) is 4.79 Å². The first-order chi connectivity index (χ1) is 14.2. The summed E-state index contributed by atoms with van der Waals surface area (Å²) in [5.41, 5.74) is 5.93. The zero-order valence-electron chi connectivity index (χ0n) is 16.6. The largest absolute Gasteiger partial charge is 0.495 e. The lowest BCUT2D eigenvalue weighted by Gasteiger charge is -2.32. The fourth-order valence-corrected chi connectivity index (χ4v) is 4.06. The van der Waals surface area contributed by atoms with Crippen molar-refractivity contribution in [3.63, 3.8) is 0 Å². The average molecular weight is 420 g/mol. The van der Waals surface area contributed by atoms with Crippen LogP contribution in [0.1, 0.15) is 17.5 Å². The highest BCUT2D eigenvalue weighted by molar-refractivity contribution is 6.00. The van der Waals surface area contributed by atoms with Crippen molar-refractivity contribution in [1.82, 2.24) is 9.38 Å². The number of benzene rings is 2. The summed E-state index contributed by atoms with van der Waals surface area (Å²) in [6.45, 7) is 0.525. The lowest BCUT2D eigenvalue weighted by atomic mass is 9.93. The van der Waals surface area contributed by atoms with Gasteiger partial charge in [0.25, 0.3) is 0 Å². The Morgan fingerprint density at radius 2 is 1.80 bits per heavy atom. The zero-order valence-corrected chi connectivity index (χ0v) is 17.4. The van der Waals surface area contributed by atoms with Crippen molar-refractivity contribution in [2.45, 2.75) is 19.4 Å². The maximum atomic E-state index is 12.9. The van der Waals surface area contributed by atoms with Gasteiger partial charge in [0.2, 0.25) is 5.91 Å². The molecule has 6 heteroatoms. The highest BCUT2D eigenvalue weighted by Crippen LogP contribution is 2.42. The summed E-state index contributed by atoms with van der Waals surface area (Å²) in [6, 6.07) is 20.0. The summed E-state index contributed by atoms with van der Waals surface area (Å²) in [7, 11) is 1.65. The second-order valence-corrected chi connectivity index (χ2v) is 7.20. The van der Waals surface area contributed by atoms with Gasteiger partial charge in [-0.1, -0.05) is 36.4 Å². The van der Waals surface area contributed by atoms with Crippen LogP contribution in [0.2, 0.25) is 0 Å². The van der Waals surface area contributed by atoms with Gasteiger partial charge in [-0.15, -0.1) is 12.4 Å². The van der Waals surface area contributed by atoms with Crippen molar-refractivity contribution < 1.29 is 9.53 Å². The van der Waals surface area contributed by atoms with E-state index >= 15 is 0 Å². The SMILES string of the molecule is COc1ccc(-c2cn3ccccc3n2)c2c1N(Cc1ccccc1)C(=O)CC2.Cl. The number of anilines is 1. The van der Waals surface area contributed by atoms with Crippen LogP contribution in [0.25, 0.3) is 16.9 Å². The minimum absolute atomic E-state index is 0. The number of carbonyl (C=O) groups is 1. The highest BCUT2D eigenvalue weighted by Gasteiger charge is 2.30. The molecule has 2 aromatic carbocycles. The average Bonchev–Trinajstić information content (AvgIpc) is 3.19. The number of ether oxygens (including phenoxy) is 1. The molecule has 1 aliphatic rings. The molecule has 0 saturated carbocycles. The molecule has 0 fully saturated rings. The van der Waals surface area contributed by atoms with Crippen molar-refractivity contribution in [3.05, 3.63) is 84.2 Å². The van der Waals surface area contributed by atoms with Crippen LogP contribution in [0.15, 0.2) is 73.1 Å². The van der Waals surface area contributed by atoms with Crippen LogP contribution in [-0.4, -0.2) is 22.4 Å². The number of hydrogen-bond acceptors (Lipinski definition) is 3. The third kappa shape index (κ3) is 3.42. The number of imidazole rings is 1. The molecule has 1 amide bonds. The molecule has 5 nitrogen and oxygen atoms in total. The normalized spacial score (nSPS) is 13.1. The van der Waals surface area contributed by atoms with Gasteiger partial charge in [0.05, 0.1) is 25.0 Å². The Morgan fingerprint density at radius 1 is 1.00 bits per heavy atom. The lowest BCUT2D eigenvalue weighted by Crippen LogP contribution is -2.35. The van der Waals surface area contributed by atoms with Crippen molar-refractivity contribution in [2.24, 2.45) is 0 Å². The molecule has 0 saturated heterocycles. The second kappa shape index (κ2) is 8.20. The summed E-state index contributed by atoms with van der Waals surface area (Å²) in [5.74, 6) is 0.836. The Balaban J connectivity index is 0.00000218. The molecule has 152 valence electrons. The van der Waals surface area contributed by atoms with Crippen LogP contribution in [0.4, 0.5) is 5.69 Å². The van der Waals surface area contributed by atoms with Crippen molar-refractivity contribution in [1.29, 1.82) is 0 Å². The monoisotopic (exact) mass is 419 g/mol. The summed E-state index contributed by atoms with van der Waals surface area (Å²) in [4.78, 5) is 19.5. The Kier molecular flexibility index (Phi) is 5.46. The minimum Gasteiger partial charge on any atom is -0.495 e. The number of rotatable bonds is 4. The fraction of sp³-hybridized carbons (Fsp3) is 0.167. The Hall–Kier alpha value is -3.31. The third-order valence-corrected chi connectivity index (χ3v) is 5.45. The first kappa shape index (κ1) is 20.0. The van der Waals surface area contributed by atoms with Crippen molar-refractivity contribution >= 4 is 29.6 Å². The lowest BCUT2D eigenvalue weighted by molar-refractivity contribution is -0.119. The molecule has 0 radical (unpaired) electrons. The Bertz CT molecular complexity index is 1170. The van der Waals surface area contributed by atoms with Crippen molar-refractivity contribution in [3.8, 4) is 17.0 Å². The molecule has 4 aromatic rings. The van der Waals surface area contributed by atoms with Gasteiger partial charge < -0.3 is 14.0 Å². The van der Waals surface area contributed by atoms with Gasteiger partial charge in [0, 0.05) is 24.4 Å². The van der Waals surface area contributed by atoms with Gasteiger partial charge in [-0.2, -0.15) is 0 Å². The Morgan fingerprint density at radius 3 is 2.57 bits per heavy atom. The van der Waals surface area contributed by atoms with Gasteiger partial charge in [-0.05, 0) is 41.8 Å². The number of carbonyl (C=O) groups excluding carboxylic acids is 1. The molecular weight excluding hydrogens is 398 g/mol. The third-order valence-electron chi connectivity index (χ3n) is 5.45. The summed E-state index contributed by atoms with van der Waals surface area (Å²) >= 11 is 0. The molecule has 0 unspecified atom stereocenters. The first-order valence-corrected chi connectivity index (χ1v) is 9.73. The summed E-state index contributed by atoms with van der Waals surface area (Å²) in [5, 5.41) is 0. The van der Waals surface area contributed by atoms with E-state index in [-0.39, 0.29) is 18.3 Å². The number of hydrogen-bond donors (Lipinski definition) is 0. The van der Waals surface area contributed by atoms with E-state index in [4.69, 9.17) is 9.72 Å². The summed E-state index contributed by atoms with van der Waals surface area (Å²) in [6.07, 6.45) is 5.19. The molecule has 0 spiro atoms. The summed E-state index contributed by atoms with van der Waals surface area (Å²) < 4.78 is 7.67. The number of amides is 1. The van der Waals surface area contributed by atoms with E-state index in [1.165, 1.54) is 0 Å². The molecule has 30 heavy (non-hydrogen) atoms. The zero-order chi connectivity index (χ0) is 19.8. The molecule has 3 heterocycles. The molecule has 1 aliphatic heterocycles. The van der Waals surface area contributed by atoms with Crippen LogP contribution >= 0.6 is 12.4 Å². The van der Waals surface area contributed by atoms with Crippen LogP contribution in [0, 0.1) is 0 Å². The predicted octanol–water partition coefficient (Wildman–Crippen LogP) is 4.91. The molecule has 0 N–H and O–H groups in total. The molecular formula is C24H22ClN3O2. The van der Waals surface area contributed by atoms with Gasteiger partial charge in [0.15, 0.2) is 0 Å². The van der Waals surface area contributed by atoms with Gasteiger partial charge >= 0.3 is 0 Å². The highest BCUT2D eigenvalue weighted by atomic mass is 35.5. The smallest absolute Gasteiger partial charge is 0.227 e. The standard InChI is InChI=1S/C24H21N3O2.ClH/c1-29-21-12-10-18(20-16-26-14-6-5-9-22(26)25-20)19-11-13-23(28)27(24(19)21)15-17-7-3-2-4-8-17;/h2-10,12,14,16H,11,13,15H2,1H3;1H. The fourth-order valence-electron chi connectivity index (χ4n) is 4.06. The number of pyridine rings is 1. The number of halogens is 1. The molecule has 5 rings (SSSR count). The van der Waals surface area contributed by atoms with Crippen LogP contribution < -0.4 is 9.64 Å². The molecule has 0 aliphatic carbocycles. The van der Waals surface area contributed by atoms with E-state index < -0.39 is 0 Å². The number of nitrogens with zero attached hydrogens (tertiary/aromatic N) is 3. The second-order valence-electron chi connectivity index (χ2n) is 7.20. The topological polar surface area (TPSA) is 46.8 Å².